The fraction of sp³-hybridized carbons (Fsp3) is 0.632. The topological polar surface area (TPSA) is 20.3 Å². The monoisotopic (exact) mass is 341 g/mol. The van der Waals surface area contributed by atoms with Gasteiger partial charge < -0.3 is 4.90 Å². The average Bonchev–Trinajstić information content (AvgIpc) is 3.34. The second-order valence-corrected chi connectivity index (χ2v) is 6.71. The van der Waals surface area contributed by atoms with E-state index in [1.54, 1.807) is 0 Å². The predicted molar refractivity (Wildman–Crippen MR) is 88.7 cm³/mol. The van der Waals surface area contributed by atoms with E-state index in [1.165, 1.54) is 12.1 Å². The van der Waals surface area contributed by atoms with Crippen LogP contribution in [0.3, 0.4) is 0 Å². The van der Waals surface area contributed by atoms with Crippen LogP contribution < -0.4 is 0 Å². The molecule has 1 fully saturated rings. The molecule has 1 aromatic rings. The van der Waals surface area contributed by atoms with Crippen molar-refractivity contribution in [2.75, 3.05) is 6.54 Å². The number of hydrogen-bond donors (Lipinski definition) is 0. The molecular weight excluding hydrogens is 315 g/mol. The van der Waals surface area contributed by atoms with E-state index >= 15 is 0 Å². The lowest BCUT2D eigenvalue weighted by Gasteiger charge is -2.29. The molecule has 0 N–H and O–H groups in total. The molecule has 2 nitrogen and oxygen atoms in total. The molecule has 0 saturated heterocycles. The molecule has 1 amide bonds. The molecular formula is C19H26F3NO. The Morgan fingerprint density at radius 2 is 1.88 bits per heavy atom. The molecule has 0 spiro atoms. The van der Waals surface area contributed by atoms with Crippen LogP contribution >= 0.6 is 0 Å². The molecule has 2 rings (SSSR count). The average molecular weight is 341 g/mol. The Labute approximate surface area is 142 Å². The van der Waals surface area contributed by atoms with Crippen LogP contribution in [0.2, 0.25) is 0 Å². The number of carbonyl (C=O) groups is 1. The summed E-state index contributed by atoms with van der Waals surface area (Å²) in [5, 5.41) is 0. The highest BCUT2D eigenvalue weighted by molar-refractivity contribution is 5.83. The molecule has 5 heteroatoms. The maximum absolute atomic E-state index is 12.8. The third kappa shape index (κ3) is 4.31. The molecule has 134 valence electrons. The van der Waals surface area contributed by atoms with Crippen molar-refractivity contribution in [3.8, 4) is 0 Å². The van der Waals surface area contributed by atoms with Gasteiger partial charge in [-0.25, -0.2) is 0 Å². The van der Waals surface area contributed by atoms with E-state index in [0.717, 1.165) is 49.9 Å². The molecule has 0 heterocycles. The summed E-state index contributed by atoms with van der Waals surface area (Å²) in [7, 11) is 0. The molecule has 1 aromatic carbocycles. The number of carbonyl (C=O) groups excluding carboxylic acids is 1. The van der Waals surface area contributed by atoms with Crippen LogP contribution in [-0.2, 0) is 11.0 Å². The van der Waals surface area contributed by atoms with Crippen LogP contribution in [-0.4, -0.2) is 23.4 Å². The number of unbranched alkanes of at least 4 members (excludes halogenated alkanes) is 1. The van der Waals surface area contributed by atoms with E-state index in [4.69, 9.17) is 0 Å². The van der Waals surface area contributed by atoms with E-state index < -0.39 is 11.7 Å². The second-order valence-electron chi connectivity index (χ2n) is 6.71. The number of rotatable bonds is 7. The van der Waals surface area contributed by atoms with E-state index in [2.05, 4.69) is 20.8 Å². The van der Waals surface area contributed by atoms with Gasteiger partial charge in [-0.3, -0.25) is 4.79 Å². The first-order valence-electron chi connectivity index (χ1n) is 8.77. The minimum absolute atomic E-state index is 0.0629. The molecule has 0 aromatic heterocycles. The molecule has 1 aliphatic rings. The summed E-state index contributed by atoms with van der Waals surface area (Å²) in [6.07, 6.45) is -0.651. The number of nitrogens with zero attached hydrogens (tertiary/aromatic N) is 1. The molecule has 0 bridgehead atoms. The van der Waals surface area contributed by atoms with Crippen molar-refractivity contribution in [1.82, 2.24) is 4.90 Å². The van der Waals surface area contributed by atoms with Gasteiger partial charge in [0, 0.05) is 18.5 Å². The summed E-state index contributed by atoms with van der Waals surface area (Å²) in [4.78, 5) is 14.7. The standard InChI is InChI=1S/C19H26F3NO/c1-4-6-11-23(13(3)5-2)18(24)17-12-16(17)14-7-9-15(10-8-14)19(20,21)22/h7-10,13,16-17H,4-6,11-12H2,1-3H3. The zero-order valence-corrected chi connectivity index (χ0v) is 14.6. The predicted octanol–water partition coefficient (Wildman–Crippen LogP) is 5.24. The minimum Gasteiger partial charge on any atom is -0.340 e. The summed E-state index contributed by atoms with van der Waals surface area (Å²) in [5.74, 6) is 0.142. The highest BCUT2D eigenvalue weighted by atomic mass is 19.4. The largest absolute Gasteiger partial charge is 0.416 e. The van der Waals surface area contributed by atoms with Gasteiger partial charge in [-0.2, -0.15) is 13.2 Å². The summed E-state index contributed by atoms with van der Waals surface area (Å²) in [6, 6.07) is 5.45. The van der Waals surface area contributed by atoms with Crippen molar-refractivity contribution in [3.63, 3.8) is 0 Å². The van der Waals surface area contributed by atoms with Gasteiger partial charge in [0.05, 0.1) is 5.56 Å². The van der Waals surface area contributed by atoms with Crippen molar-refractivity contribution in [2.24, 2.45) is 5.92 Å². The van der Waals surface area contributed by atoms with Gasteiger partial charge >= 0.3 is 6.18 Å². The van der Waals surface area contributed by atoms with E-state index in [0.29, 0.717) is 0 Å². The Morgan fingerprint density at radius 3 is 2.38 bits per heavy atom. The van der Waals surface area contributed by atoms with Crippen LogP contribution in [0.25, 0.3) is 0 Å². The van der Waals surface area contributed by atoms with Crippen molar-refractivity contribution in [1.29, 1.82) is 0 Å². The molecule has 24 heavy (non-hydrogen) atoms. The van der Waals surface area contributed by atoms with Crippen LogP contribution in [0.4, 0.5) is 13.2 Å². The van der Waals surface area contributed by atoms with E-state index in [9.17, 15) is 18.0 Å². The van der Waals surface area contributed by atoms with E-state index in [1.807, 2.05) is 4.90 Å². The Bertz CT molecular complexity index is 553. The fourth-order valence-electron chi connectivity index (χ4n) is 3.07. The minimum atomic E-state index is -4.31. The Hall–Kier alpha value is -1.52. The van der Waals surface area contributed by atoms with Gasteiger partial charge in [-0.1, -0.05) is 32.4 Å². The van der Waals surface area contributed by atoms with Gasteiger partial charge in [0.1, 0.15) is 0 Å². The number of halogens is 3. The molecule has 0 aliphatic heterocycles. The van der Waals surface area contributed by atoms with Crippen LogP contribution in [0.5, 0.6) is 0 Å². The normalized spacial score (nSPS) is 21.4. The Kier molecular flexibility index (Phi) is 5.94. The molecule has 1 aliphatic carbocycles. The summed E-state index contributed by atoms with van der Waals surface area (Å²) >= 11 is 0. The lowest BCUT2D eigenvalue weighted by Crippen LogP contribution is -2.40. The zero-order chi connectivity index (χ0) is 17.9. The van der Waals surface area contributed by atoms with Gasteiger partial charge in [0.15, 0.2) is 0 Å². The Balaban J connectivity index is 2.03. The van der Waals surface area contributed by atoms with Gasteiger partial charge in [-0.05, 0) is 49.8 Å². The maximum atomic E-state index is 12.8. The second kappa shape index (κ2) is 7.58. The fourth-order valence-corrected chi connectivity index (χ4v) is 3.07. The van der Waals surface area contributed by atoms with Gasteiger partial charge in [-0.15, -0.1) is 0 Å². The summed E-state index contributed by atoms with van der Waals surface area (Å²) in [5.41, 5.74) is 0.194. The third-order valence-corrected chi connectivity index (χ3v) is 4.93. The molecule has 1 saturated carbocycles. The summed E-state index contributed by atoms with van der Waals surface area (Å²) in [6.45, 7) is 6.99. The first-order chi connectivity index (χ1) is 11.3. The first-order valence-corrected chi connectivity index (χ1v) is 8.77. The number of alkyl halides is 3. The third-order valence-electron chi connectivity index (χ3n) is 4.93. The SMILES string of the molecule is CCCCN(C(=O)C1CC1c1ccc(C(F)(F)F)cc1)C(C)CC. The highest BCUT2D eigenvalue weighted by Gasteiger charge is 2.46. The summed E-state index contributed by atoms with van der Waals surface area (Å²) < 4.78 is 37.9. The van der Waals surface area contributed by atoms with E-state index in [-0.39, 0.29) is 23.8 Å². The van der Waals surface area contributed by atoms with Crippen LogP contribution in [0.15, 0.2) is 24.3 Å². The van der Waals surface area contributed by atoms with Gasteiger partial charge in [0.2, 0.25) is 5.91 Å². The zero-order valence-electron chi connectivity index (χ0n) is 14.6. The lowest BCUT2D eigenvalue weighted by molar-refractivity contribution is -0.137. The smallest absolute Gasteiger partial charge is 0.340 e. The Morgan fingerprint density at radius 1 is 1.25 bits per heavy atom. The van der Waals surface area contributed by atoms with Crippen LogP contribution in [0, 0.1) is 5.92 Å². The van der Waals surface area contributed by atoms with Crippen molar-refractivity contribution < 1.29 is 18.0 Å². The van der Waals surface area contributed by atoms with Crippen LogP contribution in [0.1, 0.15) is 63.5 Å². The highest BCUT2D eigenvalue weighted by Crippen LogP contribution is 2.49. The quantitative estimate of drug-likeness (QED) is 0.664. The van der Waals surface area contributed by atoms with Crippen molar-refractivity contribution in [3.05, 3.63) is 35.4 Å². The van der Waals surface area contributed by atoms with Gasteiger partial charge in [0.25, 0.3) is 0 Å². The maximum Gasteiger partial charge on any atom is 0.416 e. The molecule has 0 radical (unpaired) electrons. The first kappa shape index (κ1) is 18.8. The van der Waals surface area contributed by atoms with Crippen molar-refractivity contribution >= 4 is 5.91 Å². The number of benzene rings is 1. The lowest BCUT2D eigenvalue weighted by atomic mass is 10.1. The number of hydrogen-bond acceptors (Lipinski definition) is 1. The molecule has 3 atom stereocenters. The molecule has 3 unspecified atom stereocenters. The van der Waals surface area contributed by atoms with Crippen molar-refractivity contribution in [2.45, 2.75) is 64.6 Å². The number of amides is 1.